The van der Waals surface area contributed by atoms with Gasteiger partial charge >= 0.3 is 0 Å². The van der Waals surface area contributed by atoms with Gasteiger partial charge < -0.3 is 14.5 Å². The summed E-state index contributed by atoms with van der Waals surface area (Å²) in [5, 5.41) is 3.26. The molecule has 1 unspecified atom stereocenters. The Morgan fingerprint density at radius 1 is 1.25 bits per heavy atom. The molecule has 0 saturated carbocycles. The van der Waals surface area contributed by atoms with E-state index < -0.39 is 0 Å². The minimum Gasteiger partial charge on any atom is -0.466 e. The zero-order chi connectivity index (χ0) is 19.7. The van der Waals surface area contributed by atoms with E-state index in [4.69, 9.17) is 9.15 Å². The highest BCUT2D eigenvalue weighted by atomic mass is 16.5. The quantitative estimate of drug-likeness (QED) is 0.872. The van der Waals surface area contributed by atoms with Crippen molar-refractivity contribution in [2.75, 3.05) is 26.3 Å². The van der Waals surface area contributed by atoms with Crippen molar-refractivity contribution >= 4 is 5.91 Å². The van der Waals surface area contributed by atoms with Crippen LogP contribution >= 0.6 is 0 Å². The van der Waals surface area contributed by atoms with Gasteiger partial charge in [-0.25, -0.2) is 0 Å². The standard InChI is InChI=1S/C23H30N2O3/c1-16-11-19-20(13-23(2,3)14-21(19)28-16)24-22(26)18-6-4-5-17(12-18)15-25-7-9-27-10-8-25/h4-6,11-12,20H,7-10,13-15H2,1-3H3,(H,24,26). The Morgan fingerprint density at radius 3 is 2.82 bits per heavy atom. The molecule has 1 atom stereocenters. The fourth-order valence-electron chi connectivity index (χ4n) is 4.38. The largest absolute Gasteiger partial charge is 0.466 e. The van der Waals surface area contributed by atoms with Crippen molar-refractivity contribution in [2.45, 2.75) is 46.2 Å². The van der Waals surface area contributed by atoms with Gasteiger partial charge in [-0.05, 0) is 42.5 Å². The van der Waals surface area contributed by atoms with E-state index in [0.717, 1.165) is 68.3 Å². The molecule has 2 aromatic rings. The Balaban J connectivity index is 1.48. The first kappa shape index (κ1) is 19.2. The second-order valence-electron chi connectivity index (χ2n) is 8.90. The Bertz CT molecular complexity index is 849. The van der Waals surface area contributed by atoms with Crippen molar-refractivity contribution < 1.29 is 13.9 Å². The lowest BCUT2D eigenvalue weighted by molar-refractivity contribution is 0.0342. The Hall–Kier alpha value is -2.11. The lowest BCUT2D eigenvalue weighted by Gasteiger charge is -2.34. The van der Waals surface area contributed by atoms with E-state index in [1.807, 2.05) is 25.1 Å². The van der Waals surface area contributed by atoms with Crippen LogP contribution in [-0.4, -0.2) is 37.1 Å². The summed E-state index contributed by atoms with van der Waals surface area (Å²) in [7, 11) is 0. The van der Waals surface area contributed by atoms with Gasteiger partial charge in [-0.3, -0.25) is 9.69 Å². The van der Waals surface area contributed by atoms with E-state index in [1.165, 1.54) is 5.56 Å². The number of rotatable bonds is 4. The van der Waals surface area contributed by atoms with Crippen LogP contribution in [0.3, 0.4) is 0 Å². The zero-order valence-electron chi connectivity index (χ0n) is 17.1. The molecule has 2 aliphatic rings. The molecule has 0 spiro atoms. The summed E-state index contributed by atoms with van der Waals surface area (Å²) >= 11 is 0. The maximum Gasteiger partial charge on any atom is 0.251 e. The summed E-state index contributed by atoms with van der Waals surface area (Å²) in [5.74, 6) is 1.91. The predicted molar refractivity (Wildman–Crippen MR) is 108 cm³/mol. The van der Waals surface area contributed by atoms with E-state index in [9.17, 15) is 4.79 Å². The molecular weight excluding hydrogens is 352 g/mol. The molecule has 1 aliphatic heterocycles. The molecule has 1 aromatic heterocycles. The van der Waals surface area contributed by atoms with Gasteiger partial charge in [0.15, 0.2) is 0 Å². The molecule has 5 heteroatoms. The fourth-order valence-corrected chi connectivity index (χ4v) is 4.38. The first-order valence-corrected chi connectivity index (χ1v) is 10.2. The summed E-state index contributed by atoms with van der Waals surface area (Å²) in [6.45, 7) is 10.7. The number of amides is 1. The van der Waals surface area contributed by atoms with Gasteiger partial charge in [0.2, 0.25) is 0 Å². The van der Waals surface area contributed by atoms with E-state index in [0.29, 0.717) is 0 Å². The lowest BCUT2D eigenvalue weighted by Crippen LogP contribution is -2.36. The number of ether oxygens (including phenoxy) is 1. The smallest absolute Gasteiger partial charge is 0.251 e. The van der Waals surface area contributed by atoms with Crippen molar-refractivity contribution in [2.24, 2.45) is 5.41 Å². The van der Waals surface area contributed by atoms with Gasteiger partial charge in [0.1, 0.15) is 11.5 Å². The molecule has 2 heterocycles. The third-order valence-corrected chi connectivity index (χ3v) is 5.74. The number of carbonyl (C=O) groups excluding carboxylic acids is 1. The molecule has 1 N–H and O–H groups in total. The van der Waals surface area contributed by atoms with Gasteiger partial charge in [-0.1, -0.05) is 26.0 Å². The number of furan rings is 1. The second kappa shape index (κ2) is 7.72. The van der Waals surface area contributed by atoms with Crippen LogP contribution < -0.4 is 5.32 Å². The first-order chi connectivity index (χ1) is 13.4. The molecule has 1 saturated heterocycles. The van der Waals surface area contributed by atoms with Gasteiger partial charge in [0.05, 0.1) is 19.3 Å². The molecule has 1 fully saturated rings. The normalized spacial score (nSPS) is 21.9. The Kier molecular flexibility index (Phi) is 5.30. The number of hydrogen-bond donors (Lipinski definition) is 1. The van der Waals surface area contributed by atoms with Crippen LogP contribution in [0.5, 0.6) is 0 Å². The van der Waals surface area contributed by atoms with Gasteiger partial charge in [-0.15, -0.1) is 0 Å². The van der Waals surface area contributed by atoms with Crippen LogP contribution in [0.25, 0.3) is 0 Å². The zero-order valence-corrected chi connectivity index (χ0v) is 17.1. The second-order valence-corrected chi connectivity index (χ2v) is 8.90. The van der Waals surface area contributed by atoms with Crippen molar-refractivity contribution in [3.05, 3.63) is 58.5 Å². The summed E-state index contributed by atoms with van der Waals surface area (Å²) in [6.07, 6.45) is 1.83. The number of hydrogen-bond acceptors (Lipinski definition) is 4. The lowest BCUT2D eigenvalue weighted by atomic mass is 9.74. The highest BCUT2D eigenvalue weighted by molar-refractivity contribution is 5.94. The SMILES string of the molecule is Cc1cc2c(o1)CC(C)(C)CC2NC(=O)c1cccc(CN2CCOCC2)c1. The number of nitrogens with zero attached hydrogens (tertiary/aromatic N) is 1. The van der Waals surface area contributed by atoms with Crippen LogP contribution in [0.15, 0.2) is 34.7 Å². The average molecular weight is 383 g/mol. The van der Waals surface area contributed by atoms with E-state index in [1.54, 1.807) is 0 Å². The third kappa shape index (κ3) is 4.31. The monoisotopic (exact) mass is 382 g/mol. The summed E-state index contributed by atoms with van der Waals surface area (Å²) in [5.41, 5.74) is 3.12. The molecule has 1 aromatic carbocycles. The van der Waals surface area contributed by atoms with Gasteiger partial charge in [0, 0.05) is 37.2 Å². The highest BCUT2D eigenvalue weighted by Gasteiger charge is 2.35. The number of morpholine rings is 1. The molecule has 150 valence electrons. The number of nitrogens with one attached hydrogen (secondary N) is 1. The van der Waals surface area contributed by atoms with Crippen molar-refractivity contribution in [3.8, 4) is 0 Å². The van der Waals surface area contributed by atoms with E-state index in [2.05, 4.69) is 36.2 Å². The molecule has 4 rings (SSSR count). The molecule has 0 bridgehead atoms. The van der Waals surface area contributed by atoms with Crippen molar-refractivity contribution in [3.63, 3.8) is 0 Å². The van der Waals surface area contributed by atoms with Gasteiger partial charge in [-0.2, -0.15) is 0 Å². The third-order valence-electron chi connectivity index (χ3n) is 5.74. The predicted octanol–water partition coefficient (Wildman–Crippen LogP) is 3.86. The Labute approximate surface area is 167 Å². The summed E-state index contributed by atoms with van der Waals surface area (Å²) in [6, 6.07) is 10.0. The van der Waals surface area contributed by atoms with E-state index in [-0.39, 0.29) is 17.4 Å². The van der Waals surface area contributed by atoms with Crippen LogP contribution in [0.2, 0.25) is 0 Å². The summed E-state index contributed by atoms with van der Waals surface area (Å²) in [4.78, 5) is 15.4. The van der Waals surface area contributed by atoms with Crippen molar-refractivity contribution in [1.29, 1.82) is 0 Å². The molecular formula is C23H30N2O3. The van der Waals surface area contributed by atoms with Crippen LogP contribution in [0.4, 0.5) is 0 Å². The molecule has 1 amide bonds. The molecule has 0 radical (unpaired) electrons. The number of aryl methyl sites for hydroxylation is 1. The molecule has 1 aliphatic carbocycles. The topological polar surface area (TPSA) is 54.7 Å². The van der Waals surface area contributed by atoms with Crippen LogP contribution in [0, 0.1) is 12.3 Å². The number of carbonyl (C=O) groups is 1. The maximum absolute atomic E-state index is 13.0. The maximum atomic E-state index is 13.0. The van der Waals surface area contributed by atoms with Crippen LogP contribution in [-0.2, 0) is 17.7 Å². The van der Waals surface area contributed by atoms with E-state index >= 15 is 0 Å². The Morgan fingerprint density at radius 2 is 2.04 bits per heavy atom. The highest BCUT2D eigenvalue weighted by Crippen LogP contribution is 2.42. The summed E-state index contributed by atoms with van der Waals surface area (Å²) < 4.78 is 11.3. The minimum absolute atomic E-state index is 0.00778. The fraction of sp³-hybridized carbons (Fsp3) is 0.522. The van der Waals surface area contributed by atoms with Crippen LogP contribution in [0.1, 0.15) is 59.3 Å². The molecule has 28 heavy (non-hydrogen) atoms. The van der Waals surface area contributed by atoms with Crippen molar-refractivity contribution in [1.82, 2.24) is 10.2 Å². The number of benzene rings is 1. The minimum atomic E-state index is -0.0173. The number of fused-ring (bicyclic) bond motifs is 1. The average Bonchev–Trinajstić information content (AvgIpc) is 3.02. The van der Waals surface area contributed by atoms with Gasteiger partial charge in [0.25, 0.3) is 5.91 Å². The first-order valence-electron chi connectivity index (χ1n) is 10.2. The molecule has 5 nitrogen and oxygen atoms in total.